The first-order valence-corrected chi connectivity index (χ1v) is 5.56. The average molecular weight is 205 g/mol. The second-order valence-electron chi connectivity index (χ2n) is 4.92. The standard InChI is InChI=1S/C13H19NO/c1-9(2)13(3)8-11(14)10-6-4-5-7-12(10)15-13/h4-7,9,11H,8,14H2,1-3H3/t11-,13-/m0/s1. The van der Waals surface area contributed by atoms with Crippen LogP contribution in [0.15, 0.2) is 24.3 Å². The molecule has 1 aliphatic rings. The molecule has 1 aromatic carbocycles. The van der Waals surface area contributed by atoms with Crippen LogP contribution in [-0.2, 0) is 0 Å². The Morgan fingerprint density at radius 1 is 1.40 bits per heavy atom. The Hall–Kier alpha value is -1.02. The second-order valence-corrected chi connectivity index (χ2v) is 4.92. The van der Waals surface area contributed by atoms with Crippen LogP contribution in [0.2, 0.25) is 0 Å². The fraction of sp³-hybridized carbons (Fsp3) is 0.538. The number of nitrogens with two attached hydrogens (primary N) is 1. The summed E-state index contributed by atoms with van der Waals surface area (Å²) in [6.07, 6.45) is 0.891. The molecule has 0 radical (unpaired) electrons. The highest BCUT2D eigenvalue weighted by Crippen LogP contribution is 2.41. The Morgan fingerprint density at radius 3 is 2.73 bits per heavy atom. The molecule has 2 heteroatoms. The van der Waals surface area contributed by atoms with E-state index in [-0.39, 0.29) is 11.6 Å². The highest BCUT2D eigenvalue weighted by Gasteiger charge is 2.38. The van der Waals surface area contributed by atoms with Crippen molar-refractivity contribution in [3.05, 3.63) is 29.8 Å². The number of fused-ring (bicyclic) bond motifs is 1. The lowest BCUT2D eigenvalue weighted by molar-refractivity contribution is 0.0108. The van der Waals surface area contributed by atoms with Gasteiger partial charge in [-0.2, -0.15) is 0 Å². The van der Waals surface area contributed by atoms with Gasteiger partial charge in [0.2, 0.25) is 0 Å². The Labute approximate surface area is 91.4 Å². The molecule has 82 valence electrons. The third-order valence-corrected chi connectivity index (χ3v) is 3.51. The molecule has 0 saturated heterocycles. The van der Waals surface area contributed by atoms with Crippen LogP contribution in [0.25, 0.3) is 0 Å². The van der Waals surface area contributed by atoms with Crippen LogP contribution in [0.5, 0.6) is 5.75 Å². The molecule has 1 aliphatic heterocycles. The van der Waals surface area contributed by atoms with E-state index >= 15 is 0 Å². The second kappa shape index (κ2) is 3.53. The summed E-state index contributed by atoms with van der Waals surface area (Å²) >= 11 is 0. The van der Waals surface area contributed by atoms with Crippen molar-refractivity contribution < 1.29 is 4.74 Å². The van der Waals surface area contributed by atoms with Crippen molar-refractivity contribution in [3.8, 4) is 5.75 Å². The fourth-order valence-electron chi connectivity index (χ4n) is 2.07. The van der Waals surface area contributed by atoms with E-state index in [2.05, 4.69) is 26.8 Å². The minimum absolute atomic E-state index is 0.0994. The Kier molecular flexibility index (Phi) is 2.47. The first kappa shape index (κ1) is 10.5. The van der Waals surface area contributed by atoms with Crippen LogP contribution in [0.1, 0.15) is 38.8 Å². The maximum atomic E-state index is 6.18. The summed E-state index contributed by atoms with van der Waals surface area (Å²) in [4.78, 5) is 0. The van der Waals surface area contributed by atoms with E-state index in [4.69, 9.17) is 10.5 Å². The quantitative estimate of drug-likeness (QED) is 0.765. The Balaban J connectivity index is 2.38. The van der Waals surface area contributed by atoms with Crippen molar-refractivity contribution in [2.75, 3.05) is 0 Å². The van der Waals surface area contributed by atoms with E-state index in [9.17, 15) is 0 Å². The third-order valence-electron chi connectivity index (χ3n) is 3.51. The summed E-state index contributed by atoms with van der Waals surface area (Å²) in [5.74, 6) is 1.42. The van der Waals surface area contributed by atoms with Crippen molar-refractivity contribution >= 4 is 0 Å². The number of benzene rings is 1. The minimum Gasteiger partial charge on any atom is -0.487 e. The number of para-hydroxylation sites is 1. The van der Waals surface area contributed by atoms with Crippen LogP contribution < -0.4 is 10.5 Å². The molecule has 0 saturated carbocycles. The molecule has 0 unspecified atom stereocenters. The van der Waals surface area contributed by atoms with Crippen LogP contribution in [0.3, 0.4) is 0 Å². The van der Waals surface area contributed by atoms with Gasteiger partial charge in [-0.15, -0.1) is 0 Å². The number of hydrogen-bond donors (Lipinski definition) is 1. The predicted octanol–water partition coefficient (Wildman–Crippen LogP) is 2.88. The Morgan fingerprint density at radius 2 is 2.07 bits per heavy atom. The zero-order valence-corrected chi connectivity index (χ0v) is 9.66. The number of ether oxygens (including phenoxy) is 1. The molecular weight excluding hydrogens is 186 g/mol. The summed E-state index contributed by atoms with van der Waals surface area (Å²) in [5.41, 5.74) is 7.18. The van der Waals surface area contributed by atoms with Gasteiger partial charge < -0.3 is 10.5 Å². The molecule has 1 aromatic rings. The molecular formula is C13H19NO. The van der Waals surface area contributed by atoms with E-state index in [1.807, 2.05) is 18.2 Å². The molecule has 0 amide bonds. The molecule has 0 fully saturated rings. The van der Waals surface area contributed by atoms with Gasteiger partial charge >= 0.3 is 0 Å². The van der Waals surface area contributed by atoms with Gasteiger partial charge in [-0.3, -0.25) is 0 Å². The first-order valence-electron chi connectivity index (χ1n) is 5.56. The van der Waals surface area contributed by atoms with Gasteiger partial charge in [0.1, 0.15) is 11.4 Å². The van der Waals surface area contributed by atoms with Crippen molar-refractivity contribution in [1.82, 2.24) is 0 Å². The molecule has 0 aromatic heterocycles. The average Bonchev–Trinajstić information content (AvgIpc) is 2.17. The van der Waals surface area contributed by atoms with Crippen LogP contribution in [0.4, 0.5) is 0 Å². The molecule has 0 spiro atoms. The third kappa shape index (κ3) is 1.74. The van der Waals surface area contributed by atoms with Crippen molar-refractivity contribution in [2.24, 2.45) is 11.7 Å². The lowest BCUT2D eigenvalue weighted by Crippen LogP contribution is -2.44. The lowest BCUT2D eigenvalue weighted by atomic mass is 9.81. The molecule has 1 heterocycles. The van der Waals surface area contributed by atoms with Crippen LogP contribution in [0, 0.1) is 5.92 Å². The van der Waals surface area contributed by atoms with E-state index in [0.29, 0.717) is 5.92 Å². The molecule has 2 N–H and O–H groups in total. The number of hydrogen-bond acceptors (Lipinski definition) is 2. The molecule has 2 atom stereocenters. The number of rotatable bonds is 1. The molecule has 2 rings (SSSR count). The smallest absolute Gasteiger partial charge is 0.124 e. The summed E-state index contributed by atoms with van der Waals surface area (Å²) in [6.45, 7) is 6.51. The maximum absolute atomic E-state index is 6.18. The first-order chi connectivity index (χ1) is 7.03. The predicted molar refractivity (Wildman–Crippen MR) is 61.9 cm³/mol. The molecule has 0 aliphatic carbocycles. The van der Waals surface area contributed by atoms with Gasteiger partial charge in [0.05, 0.1) is 0 Å². The van der Waals surface area contributed by atoms with Crippen molar-refractivity contribution in [2.45, 2.75) is 38.8 Å². The van der Waals surface area contributed by atoms with Gasteiger partial charge in [0, 0.05) is 18.0 Å². The van der Waals surface area contributed by atoms with Crippen LogP contribution in [-0.4, -0.2) is 5.60 Å². The Bertz CT molecular complexity index is 361. The van der Waals surface area contributed by atoms with Gasteiger partial charge in [-0.25, -0.2) is 0 Å². The lowest BCUT2D eigenvalue weighted by Gasteiger charge is -2.41. The van der Waals surface area contributed by atoms with Gasteiger partial charge in [-0.05, 0) is 18.9 Å². The molecule has 15 heavy (non-hydrogen) atoms. The van der Waals surface area contributed by atoms with E-state index in [1.54, 1.807) is 0 Å². The van der Waals surface area contributed by atoms with Crippen molar-refractivity contribution in [1.29, 1.82) is 0 Å². The molecule has 2 nitrogen and oxygen atoms in total. The summed E-state index contributed by atoms with van der Waals surface area (Å²) in [7, 11) is 0. The van der Waals surface area contributed by atoms with Gasteiger partial charge in [0.15, 0.2) is 0 Å². The van der Waals surface area contributed by atoms with E-state index in [0.717, 1.165) is 17.7 Å². The fourth-order valence-corrected chi connectivity index (χ4v) is 2.07. The summed E-state index contributed by atoms with van der Waals surface area (Å²) < 4.78 is 6.07. The highest BCUT2D eigenvalue weighted by molar-refractivity contribution is 5.38. The summed E-state index contributed by atoms with van der Waals surface area (Å²) in [6, 6.07) is 8.18. The van der Waals surface area contributed by atoms with Gasteiger partial charge in [0.25, 0.3) is 0 Å². The van der Waals surface area contributed by atoms with E-state index < -0.39 is 0 Å². The highest BCUT2D eigenvalue weighted by atomic mass is 16.5. The van der Waals surface area contributed by atoms with E-state index in [1.165, 1.54) is 0 Å². The largest absolute Gasteiger partial charge is 0.487 e. The normalized spacial score (nSPS) is 29.8. The summed E-state index contributed by atoms with van der Waals surface area (Å²) in [5, 5.41) is 0. The van der Waals surface area contributed by atoms with Crippen LogP contribution >= 0.6 is 0 Å². The topological polar surface area (TPSA) is 35.2 Å². The monoisotopic (exact) mass is 205 g/mol. The molecule has 0 bridgehead atoms. The van der Waals surface area contributed by atoms with Gasteiger partial charge in [-0.1, -0.05) is 32.0 Å². The minimum atomic E-state index is -0.131. The zero-order valence-electron chi connectivity index (χ0n) is 9.66. The SMILES string of the molecule is CC(C)[C@]1(C)C[C@H](N)c2ccccc2O1. The zero-order chi connectivity index (χ0) is 11.1. The maximum Gasteiger partial charge on any atom is 0.124 e. The van der Waals surface area contributed by atoms with Crippen molar-refractivity contribution in [3.63, 3.8) is 0 Å².